The Morgan fingerprint density at radius 3 is 2.37 bits per heavy atom. The van der Waals surface area contributed by atoms with E-state index in [1.807, 2.05) is 19.1 Å². The van der Waals surface area contributed by atoms with Crippen LogP contribution in [0.2, 0.25) is 0 Å². The molecule has 1 saturated heterocycles. The Hall–Kier alpha value is -2.91. The molecule has 0 amide bonds. The van der Waals surface area contributed by atoms with Crippen molar-refractivity contribution in [2.45, 2.75) is 43.9 Å². The van der Waals surface area contributed by atoms with Crippen molar-refractivity contribution in [1.82, 2.24) is 4.90 Å². The van der Waals surface area contributed by atoms with E-state index in [2.05, 4.69) is 4.90 Å². The number of phenolic OH excluding ortho intramolecular Hbond substituents is 1. The Balaban J connectivity index is 0.00000387. The number of ketones is 1. The minimum absolute atomic E-state index is 0. The number of likely N-dealkylation sites (tertiary alicyclic amines) is 1. The van der Waals surface area contributed by atoms with Gasteiger partial charge in [-0.25, -0.2) is 8.42 Å². The second-order valence-corrected chi connectivity index (χ2v) is 13.4. The maximum atomic E-state index is 13.9. The van der Waals surface area contributed by atoms with Crippen LogP contribution in [0.15, 0.2) is 71.6 Å². The summed E-state index contributed by atoms with van der Waals surface area (Å²) in [6, 6.07) is 19.0. The normalized spacial score (nSPS) is 14.1. The van der Waals surface area contributed by atoms with Crippen LogP contribution in [0.5, 0.6) is 11.5 Å². The Bertz CT molecular complexity index is 1580. The maximum absolute atomic E-state index is 13.9. The predicted molar refractivity (Wildman–Crippen MR) is 169 cm³/mol. The lowest BCUT2D eigenvalue weighted by Gasteiger charge is -2.26. The summed E-state index contributed by atoms with van der Waals surface area (Å²) in [6.07, 6.45) is 5.23. The highest BCUT2D eigenvalue weighted by atomic mass is 35.5. The number of ether oxygens (including phenoxy) is 1. The van der Waals surface area contributed by atoms with Gasteiger partial charge >= 0.3 is 0 Å². The van der Waals surface area contributed by atoms with E-state index in [9.17, 15) is 18.3 Å². The Labute approximate surface area is 252 Å². The van der Waals surface area contributed by atoms with E-state index in [4.69, 9.17) is 4.74 Å². The first-order valence-corrected chi connectivity index (χ1v) is 16.4. The Morgan fingerprint density at radius 1 is 0.976 bits per heavy atom. The molecule has 9 heteroatoms. The molecule has 1 N–H and O–H groups in total. The monoisotopic (exact) mass is 613 g/mol. The lowest BCUT2D eigenvalue weighted by atomic mass is 9.97. The molecule has 1 aliphatic rings. The lowest BCUT2D eigenvalue weighted by molar-refractivity contribution is 0.104. The number of halogens is 1. The molecule has 1 aromatic heterocycles. The van der Waals surface area contributed by atoms with Gasteiger partial charge in [0.05, 0.1) is 10.6 Å². The predicted octanol–water partition coefficient (Wildman–Crippen LogP) is 7.37. The first kappa shape index (κ1) is 31.0. The number of hydrogen-bond donors (Lipinski definition) is 1. The van der Waals surface area contributed by atoms with Gasteiger partial charge in [0.2, 0.25) is 0 Å². The van der Waals surface area contributed by atoms with Gasteiger partial charge in [0.15, 0.2) is 15.6 Å². The van der Waals surface area contributed by atoms with Gasteiger partial charge in [0, 0.05) is 32.6 Å². The van der Waals surface area contributed by atoms with Crippen LogP contribution in [-0.2, 0) is 9.84 Å². The van der Waals surface area contributed by atoms with E-state index in [1.54, 1.807) is 54.6 Å². The number of hydrogen-bond acceptors (Lipinski definition) is 7. The molecule has 1 fully saturated rings. The van der Waals surface area contributed by atoms with E-state index in [-0.39, 0.29) is 34.6 Å². The number of aromatic hydroxyl groups is 1. The van der Waals surface area contributed by atoms with Gasteiger partial charge in [-0.2, -0.15) is 0 Å². The highest BCUT2D eigenvalue weighted by molar-refractivity contribution is 7.91. The van der Waals surface area contributed by atoms with Crippen molar-refractivity contribution < 1.29 is 23.1 Å². The summed E-state index contributed by atoms with van der Waals surface area (Å²) in [5, 5.41) is 10.8. The van der Waals surface area contributed by atoms with E-state index in [0.29, 0.717) is 24.2 Å². The summed E-state index contributed by atoms with van der Waals surface area (Å²) >= 11 is 1.41. The molecule has 218 valence electrons. The molecule has 0 bridgehead atoms. The van der Waals surface area contributed by atoms with Crippen LogP contribution in [0.25, 0.3) is 20.5 Å². The van der Waals surface area contributed by atoms with Gasteiger partial charge in [-0.05, 0) is 92.5 Å². The summed E-state index contributed by atoms with van der Waals surface area (Å²) in [5.41, 5.74) is 1.84. The molecule has 0 radical (unpaired) electrons. The largest absolute Gasteiger partial charge is 0.508 e. The van der Waals surface area contributed by atoms with Gasteiger partial charge in [-0.15, -0.1) is 23.7 Å². The zero-order valence-electron chi connectivity index (χ0n) is 23.2. The van der Waals surface area contributed by atoms with Crippen LogP contribution >= 0.6 is 23.7 Å². The number of rotatable bonds is 11. The number of phenols is 1. The lowest BCUT2D eigenvalue weighted by Crippen LogP contribution is -2.33. The van der Waals surface area contributed by atoms with Crippen LogP contribution in [0, 0.1) is 0 Å². The number of fused-ring (bicyclic) bond motifs is 1. The number of nitrogens with zero attached hydrogens (tertiary/aromatic N) is 1. The molecule has 0 aliphatic carbocycles. The van der Waals surface area contributed by atoms with Crippen molar-refractivity contribution in [2.75, 3.05) is 32.0 Å². The minimum Gasteiger partial charge on any atom is -0.508 e. The molecule has 4 aromatic rings. The SMILES string of the molecule is CCCCS(=O)(=O)c1ccc(-c2sc3cc(O)ccc3c2C(=O)c2ccc(OCCN3CCCCC3)cc2)cc1.Cl. The zero-order chi connectivity index (χ0) is 28.1. The third kappa shape index (κ3) is 7.30. The summed E-state index contributed by atoms with van der Waals surface area (Å²) in [4.78, 5) is 17.3. The topological polar surface area (TPSA) is 83.9 Å². The van der Waals surface area contributed by atoms with Gasteiger partial charge in [0.1, 0.15) is 18.1 Å². The van der Waals surface area contributed by atoms with Gasteiger partial charge in [-0.3, -0.25) is 9.69 Å². The van der Waals surface area contributed by atoms with Crippen LogP contribution in [-0.4, -0.2) is 56.2 Å². The second-order valence-electron chi connectivity index (χ2n) is 10.3. The average molecular weight is 614 g/mol. The molecule has 41 heavy (non-hydrogen) atoms. The summed E-state index contributed by atoms with van der Waals surface area (Å²) < 4.78 is 32.1. The summed E-state index contributed by atoms with van der Waals surface area (Å²) in [5.74, 6) is 0.843. The zero-order valence-corrected chi connectivity index (χ0v) is 25.6. The smallest absolute Gasteiger partial charge is 0.195 e. The number of unbranched alkanes of at least 4 members (excludes halogenated alkanes) is 1. The van der Waals surface area contributed by atoms with Crippen molar-refractivity contribution in [2.24, 2.45) is 0 Å². The molecule has 6 nitrogen and oxygen atoms in total. The van der Waals surface area contributed by atoms with Gasteiger partial charge < -0.3 is 9.84 Å². The third-order valence-corrected chi connectivity index (χ3v) is 10.4. The molecule has 1 aliphatic heterocycles. The summed E-state index contributed by atoms with van der Waals surface area (Å²) in [6.45, 7) is 5.73. The molecular formula is C32H36ClNO5S2. The van der Waals surface area contributed by atoms with Crippen molar-refractivity contribution in [3.05, 3.63) is 77.9 Å². The number of benzene rings is 3. The van der Waals surface area contributed by atoms with E-state index >= 15 is 0 Å². The molecule has 2 heterocycles. The molecule has 0 atom stereocenters. The molecule has 0 unspecified atom stereocenters. The minimum atomic E-state index is -3.35. The average Bonchev–Trinajstić information content (AvgIpc) is 3.35. The van der Waals surface area contributed by atoms with E-state index < -0.39 is 9.84 Å². The molecular weight excluding hydrogens is 578 g/mol. The van der Waals surface area contributed by atoms with Crippen molar-refractivity contribution in [3.63, 3.8) is 0 Å². The third-order valence-electron chi connectivity index (χ3n) is 7.38. The molecule has 0 saturated carbocycles. The first-order valence-electron chi connectivity index (χ1n) is 13.9. The number of piperidine rings is 1. The van der Waals surface area contributed by atoms with Crippen molar-refractivity contribution >= 4 is 49.5 Å². The highest BCUT2D eigenvalue weighted by Gasteiger charge is 2.23. The standard InChI is InChI=1S/C32H35NO5S2.ClH/c1-2-3-21-40(36,37)27-14-9-24(10-15-27)32-30(28-16-11-25(34)22-29(28)39-32)31(35)23-7-12-26(13-8-23)38-20-19-33-17-5-4-6-18-33;/h7-16,22,34H,2-6,17-21H2,1H3;1H. The maximum Gasteiger partial charge on any atom is 0.195 e. The van der Waals surface area contributed by atoms with E-state index in [0.717, 1.165) is 52.3 Å². The second kappa shape index (κ2) is 13.8. The summed E-state index contributed by atoms with van der Waals surface area (Å²) in [7, 11) is -3.35. The van der Waals surface area contributed by atoms with Crippen molar-refractivity contribution in [1.29, 1.82) is 0 Å². The van der Waals surface area contributed by atoms with Gasteiger partial charge in [-0.1, -0.05) is 31.9 Å². The fourth-order valence-corrected chi connectivity index (χ4v) is 7.80. The highest BCUT2D eigenvalue weighted by Crippen LogP contribution is 2.41. The van der Waals surface area contributed by atoms with Crippen LogP contribution < -0.4 is 4.74 Å². The quantitative estimate of drug-likeness (QED) is 0.178. The first-order chi connectivity index (χ1) is 19.4. The molecule has 3 aromatic carbocycles. The fraction of sp³-hybridized carbons (Fsp3) is 0.344. The van der Waals surface area contributed by atoms with Crippen LogP contribution in [0.1, 0.15) is 54.9 Å². The number of carbonyl (C=O) groups excluding carboxylic acids is 1. The molecule has 0 spiro atoms. The van der Waals surface area contributed by atoms with Crippen molar-refractivity contribution in [3.8, 4) is 21.9 Å². The number of thiophene rings is 1. The number of carbonyl (C=O) groups is 1. The fourth-order valence-electron chi connectivity index (χ4n) is 5.10. The van der Waals surface area contributed by atoms with E-state index in [1.165, 1.54) is 30.6 Å². The van der Waals surface area contributed by atoms with Crippen LogP contribution in [0.4, 0.5) is 0 Å². The number of sulfone groups is 1. The van der Waals surface area contributed by atoms with Gasteiger partial charge in [0.25, 0.3) is 0 Å². The molecule has 5 rings (SSSR count). The Kier molecular flexibility index (Phi) is 10.5. The Morgan fingerprint density at radius 2 is 1.68 bits per heavy atom. The van der Waals surface area contributed by atoms with Crippen LogP contribution in [0.3, 0.4) is 0 Å².